The molecule has 3 rings (SSSR count). The molecule has 1 aromatic carbocycles. The zero-order valence-corrected chi connectivity index (χ0v) is 19.6. The second-order valence-corrected chi connectivity index (χ2v) is 8.13. The molecular formula is C24H38N4O3. The highest BCUT2D eigenvalue weighted by molar-refractivity contribution is 5.80. The number of methoxy groups -OCH3 is 3. The first-order valence-electron chi connectivity index (χ1n) is 11.3. The number of rotatable bonds is 8. The first-order valence-corrected chi connectivity index (χ1v) is 11.3. The van der Waals surface area contributed by atoms with Crippen LogP contribution in [0.25, 0.3) is 0 Å². The highest BCUT2D eigenvalue weighted by Gasteiger charge is 2.21. The van der Waals surface area contributed by atoms with Crippen molar-refractivity contribution in [2.24, 2.45) is 4.99 Å². The van der Waals surface area contributed by atoms with E-state index < -0.39 is 0 Å². The van der Waals surface area contributed by atoms with Crippen LogP contribution in [-0.2, 0) is 6.54 Å². The summed E-state index contributed by atoms with van der Waals surface area (Å²) < 4.78 is 16.4. The van der Waals surface area contributed by atoms with Crippen molar-refractivity contribution in [2.75, 3.05) is 61.1 Å². The van der Waals surface area contributed by atoms with Crippen LogP contribution >= 0.6 is 0 Å². The molecule has 7 heteroatoms. The maximum atomic E-state index is 5.49. The molecule has 0 bridgehead atoms. The van der Waals surface area contributed by atoms with Gasteiger partial charge in [0.1, 0.15) is 0 Å². The van der Waals surface area contributed by atoms with Gasteiger partial charge in [-0.1, -0.05) is 11.6 Å². The van der Waals surface area contributed by atoms with E-state index in [0.29, 0.717) is 17.2 Å². The van der Waals surface area contributed by atoms with E-state index >= 15 is 0 Å². The molecule has 7 nitrogen and oxygen atoms in total. The van der Waals surface area contributed by atoms with E-state index in [1.54, 1.807) is 26.9 Å². The van der Waals surface area contributed by atoms with Crippen molar-refractivity contribution in [2.45, 2.75) is 38.6 Å². The van der Waals surface area contributed by atoms with Gasteiger partial charge in [0.05, 0.1) is 21.3 Å². The molecule has 31 heavy (non-hydrogen) atoms. The van der Waals surface area contributed by atoms with Gasteiger partial charge in [0, 0.05) is 46.3 Å². The Balaban J connectivity index is 1.50. The average Bonchev–Trinajstić information content (AvgIpc) is 2.82. The third-order valence-electron chi connectivity index (χ3n) is 6.13. The minimum atomic E-state index is 0.637. The van der Waals surface area contributed by atoms with Gasteiger partial charge in [-0.25, -0.2) is 0 Å². The lowest BCUT2D eigenvalue weighted by Crippen LogP contribution is -2.52. The second kappa shape index (κ2) is 11.8. The minimum absolute atomic E-state index is 0.637. The van der Waals surface area contributed by atoms with E-state index in [1.807, 2.05) is 19.2 Å². The van der Waals surface area contributed by atoms with Crippen molar-refractivity contribution < 1.29 is 14.2 Å². The molecule has 0 spiro atoms. The van der Waals surface area contributed by atoms with Gasteiger partial charge in [-0.15, -0.1) is 0 Å². The maximum absolute atomic E-state index is 5.49. The molecule has 1 N–H and O–H groups in total. The molecule has 2 aliphatic rings. The number of piperazine rings is 1. The van der Waals surface area contributed by atoms with Crippen molar-refractivity contribution in [3.63, 3.8) is 0 Å². The number of aliphatic imine (C=N–C) groups is 1. The quantitative estimate of drug-likeness (QED) is 0.388. The number of hydrogen-bond acceptors (Lipinski definition) is 5. The molecule has 0 atom stereocenters. The van der Waals surface area contributed by atoms with Gasteiger partial charge in [-0.3, -0.25) is 9.89 Å². The SMILES string of the molecule is CN=C(NCCC1=CCCCC1)N1CCN(Cc2cc(OC)c(OC)c(OC)c2)CC1. The molecule has 0 amide bonds. The predicted octanol–water partition coefficient (Wildman–Crippen LogP) is 3.30. The minimum Gasteiger partial charge on any atom is -0.493 e. The Kier molecular flexibility index (Phi) is 8.88. The number of ether oxygens (including phenoxy) is 3. The Bertz CT molecular complexity index is 745. The zero-order chi connectivity index (χ0) is 22.1. The third-order valence-corrected chi connectivity index (χ3v) is 6.13. The highest BCUT2D eigenvalue weighted by atomic mass is 16.5. The summed E-state index contributed by atoms with van der Waals surface area (Å²) in [6.45, 7) is 5.72. The fourth-order valence-electron chi connectivity index (χ4n) is 4.40. The second-order valence-electron chi connectivity index (χ2n) is 8.13. The van der Waals surface area contributed by atoms with Gasteiger partial charge in [-0.2, -0.15) is 0 Å². The molecule has 172 valence electrons. The molecule has 0 saturated carbocycles. The number of benzene rings is 1. The largest absolute Gasteiger partial charge is 0.493 e. The highest BCUT2D eigenvalue weighted by Crippen LogP contribution is 2.38. The van der Waals surface area contributed by atoms with Crippen LogP contribution in [0.15, 0.2) is 28.8 Å². The van der Waals surface area contributed by atoms with Crippen LogP contribution in [0.1, 0.15) is 37.7 Å². The third kappa shape index (κ3) is 6.29. The standard InChI is InChI=1S/C24H38N4O3/c1-25-24(26-11-10-19-8-6-5-7-9-19)28-14-12-27(13-15-28)18-20-16-21(29-2)23(31-4)22(17-20)30-3/h8,16-17H,5-7,9-15,18H2,1-4H3,(H,25,26). The summed E-state index contributed by atoms with van der Waals surface area (Å²) >= 11 is 0. The monoisotopic (exact) mass is 430 g/mol. The summed E-state index contributed by atoms with van der Waals surface area (Å²) in [7, 11) is 6.82. The van der Waals surface area contributed by atoms with Crippen molar-refractivity contribution >= 4 is 5.96 Å². The lowest BCUT2D eigenvalue weighted by Gasteiger charge is -2.36. The summed E-state index contributed by atoms with van der Waals surface area (Å²) in [5.74, 6) is 3.06. The Morgan fingerprint density at radius 1 is 1.00 bits per heavy atom. The van der Waals surface area contributed by atoms with Gasteiger partial charge < -0.3 is 24.4 Å². The Morgan fingerprint density at radius 3 is 2.26 bits per heavy atom. The smallest absolute Gasteiger partial charge is 0.203 e. The first-order chi connectivity index (χ1) is 15.2. The molecule has 1 aromatic rings. The Labute approximate surface area is 187 Å². The number of allylic oxidation sites excluding steroid dienone is 1. The molecule has 0 unspecified atom stereocenters. The molecule has 1 aliphatic carbocycles. The molecule has 1 heterocycles. The van der Waals surface area contributed by atoms with Crippen LogP contribution in [0.3, 0.4) is 0 Å². The molecule has 1 aliphatic heterocycles. The van der Waals surface area contributed by atoms with Gasteiger partial charge in [0.2, 0.25) is 5.75 Å². The van der Waals surface area contributed by atoms with Crippen molar-refractivity contribution in [1.29, 1.82) is 0 Å². The topological polar surface area (TPSA) is 58.6 Å². The van der Waals surface area contributed by atoms with E-state index in [-0.39, 0.29) is 0 Å². The molecule has 0 radical (unpaired) electrons. The molecular weight excluding hydrogens is 392 g/mol. The van der Waals surface area contributed by atoms with Crippen LogP contribution in [0.5, 0.6) is 17.2 Å². The molecule has 1 saturated heterocycles. The summed E-state index contributed by atoms with van der Waals surface area (Å²) in [5.41, 5.74) is 2.76. The number of hydrogen-bond donors (Lipinski definition) is 1. The average molecular weight is 431 g/mol. The first kappa shape index (κ1) is 23.3. The molecule has 0 aromatic heterocycles. The Hall–Kier alpha value is -2.41. The predicted molar refractivity (Wildman–Crippen MR) is 125 cm³/mol. The lowest BCUT2D eigenvalue weighted by molar-refractivity contribution is 0.172. The van der Waals surface area contributed by atoms with Gasteiger partial charge >= 0.3 is 0 Å². The zero-order valence-electron chi connectivity index (χ0n) is 19.6. The summed E-state index contributed by atoms with van der Waals surface area (Å²) in [4.78, 5) is 9.33. The van der Waals surface area contributed by atoms with Crippen molar-refractivity contribution in [3.8, 4) is 17.2 Å². The van der Waals surface area contributed by atoms with Gasteiger partial charge in [0.25, 0.3) is 0 Å². The van der Waals surface area contributed by atoms with Gasteiger partial charge in [0.15, 0.2) is 17.5 Å². The molecule has 1 fully saturated rings. The van der Waals surface area contributed by atoms with Crippen molar-refractivity contribution in [3.05, 3.63) is 29.3 Å². The van der Waals surface area contributed by atoms with Gasteiger partial charge in [-0.05, 0) is 49.8 Å². The van der Waals surface area contributed by atoms with E-state index in [9.17, 15) is 0 Å². The maximum Gasteiger partial charge on any atom is 0.203 e. The van der Waals surface area contributed by atoms with Crippen LogP contribution in [0, 0.1) is 0 Å². The van der Waals surface area contributed by atoms with Crippen LogP contribution < -0.4 is 19.5 Å². The van der Waals surface area contributed by atoms with Crippen LogP contribution in [-0.4, -0.2) is 76.9 Å². The fourth-order valence-corrected chi connectivity index (χ4v) is 4.40. The van der Waals surface area contributed by atoms with E-state index in [1.165, 1.54) is 25.7 Å². The van der Waals surface area contributed by atoms with Crippen LogP contribution in [0.2, 0.25) is 0 Å². The summed E-state index contributed by atoms with van der Waals surface area (Å²) in [5, 5.41) is 3.56. The number of nitrogens with zero attached hydrogens (tertiary/aromatic N) is 3. The van der Waals surface area contributed by atoms with E-state index in [0.717, 1.165) is 57.2 Å². The normalized spacial score (nSPS) is 17.9. The van der Waals surface area contributed by atoms with Crippen LogP contribution in [0.4, 0.5) is 0 Å². The number of nitrogens with one attached hydrogen (secondary N) is 1. The lowest BCUT2D eigenvalue weighted by atomic mass is 9.97. The Morgan fingerprint density at radius 2 is 1.71 bits per heavy atom. The number of guanidine groups is 1. The summed E-state index contributed by atoms with van der Waals surface area (Å²) in [6, 6.07) is 4.07. The van der Waals surface area contributed by atoms with Crippen molar-refractivity contribution in [1.82, 2.24) is 15.1 Å². The van der Waals surface area contributed by atoms with E-state index in [4.69, 9.17) is 14.2 Å². The fraction of sp³-hybridized carbons (Fsp3) is 0.625. The summed E-state index contributed by atoms with van der Waals surface area (Å²) in [6.07, 6.45) is 8.75. The van der Waals surface area contributed by atoms with E-state index in [2.05, 4.69) is 26.2 Å².